The minimum atomic E-state index is 0.218. The Bertz CT molecular complexity index is 518. The van der Waals surface area contributed by atoms with Crippen LogP contribution in [0, 0.1) is 0 Å². The molecule has 5 heteroatoms. The maximum atomic E-state index is 9.17. The highest BCUT2D eigenvalue weighted by Crippen LogP contribution is 2.18. The zero-order chi connectivity index (χ0) is 13.1. The zero-order valence-electron chi connectivity index (χ0n) is 10.5. The summed E-state index contributed by atoms with van der Waals surface area (Å²) in [4.78, 5) is 4.23. The summed E-state index contributed by atoms with van der Waals surface area (Å²) in [5.74, 6) is 2.18. The van der Waals surface area contributed by atoms with Gasteiger partial charge in [-0.25, -0.2) is 4.98 Å². The van der Waals surface area contributed by atoms with Crippen LogP contribution in [0.25, 0.3) is 0 Å². The molecule has 0 bridgehead atoms. The number of aromatic nitrogens is 2. The van der Waals surface area contributed by atoms with Crippen molar-refractivity contribution >= 4 is 5.82 Å². The number of nitrogens with two attached hydrogens (primary N) is 1. The van der Waals surface area contributed by atoms with E-state index in [2.05, 4.69) is 18.8 Å². The van der Waals surface area contributed by atoms with Crippen LogP contribution in [0.3, 0.4) is 0 Å². The molecule has 0 amide bonds. The average molecular weight is 247 g/mol. The predicted octanol–water partition coefficient (Wildman–Crippen LogP) is 2.33. The molecule has 0 unspecified atom stereocenters. The first-order valence-electron chi connectivity index (χ1n) is 5.81. The van der Waals surface area contributed by atoms with Crippen LogP contribution in [0.15, 0.2) is 30.5 Å². The highest BCUT2D eigenvalue weighted by molar-refractivity contribution is 5.30. The molecule has 5 nitrogen and oxygen atoms in total. The molecular weight excluding hydrogens is 230 g/mol. The molecule has 0 spiro atoms. The fraction of sp³-hybridized carbons (Fsp3) is 0.308. The molecule has 0 fully saturated rings. The number of rotatable bonds is 4. The van der Waals surface area contributed by atoms with Crippen molar-refractivity contribution in [1.29, 1.82) is 0 Å². The van der Waals surface area contributed by atoms with Gasteiger partial charge in [-0.05, 0) is 38.1 Å². The van der Waals surface area contributed by atoms with Gasteiger partial charge in [0.1, 0.15) is 29.7 Å². The van der Waals surface area contributed by atoms with Gasteiger partial charge >= 0.3 is 0 Å². The zero-order valence-corrected chi connectivity index (χ0v) is 10.5. The van der Waals surface area contributed by atoms with E-state index in [0.717, 1.165) is 5.82 Å². The first-order valence-corrected chi connectivity index (χ1v) is 5.81. The maximum absolute atomic E-state index is 9.17. The van der Waals surface area contributed by atoms with Gasteiger partial charge in [-0.15, -0.1) is 0 Å². The van der Waals surface area contributed by atoms with E-state index < -0.39 is 0 Å². The number of nitrogens with zero attached hydrogens (tertiary/aromatic N) is 2. The smallest absolute Gasteiger partial charge is 0.149 e. The number of imidazole rings is 1. The van der Waals surface area contributed by atoms with E-state index in [1.807, 2.05) is 4.57 Å². The number of ether oxygens (including phenoxy) is 1. The van der Waals surface area contributed by atoms with Gasteiger partial charge in [0, 0.05) is 12.2 Å². The average Bonchev–Trinajstić information content (AvgIpc) is 2.70. The summed E-state index contributed by atoms with van der Waals surface area (Å²) in [6.07, 6.45) is 1.81. The van der Waals surface area contributed by atoms with Crippen LogP contribution < -0.4 is 10.5 Å². The first-order chi connectivity index (χ1) is 8.56. The third-order valence-electron chi connectivity index (χ3n) is 2.59. The lowest BCUT2D eigenvalue weighted by Crippen LogP contribution is -2.08. The minimum Gasteiger partial charge on any atom is -0.508 e. The Labute approximate surface area is 106 Å². The van der Waals surface area contributed by atoms with Crippen molar-refractivity contribution in [1.82, 2.24) is 9.55 Å². The van der Waals surface area contributed by atoms with Crippen LogP contribution in [0.1, 0.15) is 25.7 Å². The Morgan fingerprint density at radius 2 is 2.00 bits per heavy atom. The molecular formula is C13H17N3O2. The predicted molar refractivity (Wildman–Crippen MR) is 69.5 cm³/mol. The minimum absolute atomic E-state index is 0.218. The van der Waals surface area contributed by atoms with Crippen LogP contribution in [0.2, 0.25) is 0 Å². The Balaban J connectivity index is 2.08. The van der Waals surface area contributed by atoms with Gasteiger partial charge in [0.25, 0.3) is 0 Å². The molecule has 2 aromatic rings. The van der Waals surface area contributed by atoms with Crippen molar-refractivity contribution in [3.05, 3.63) is 36.3 Å². The molecule has 1 heterocycles. The maximum Gasteiger partial charge on any atom is 0.149 e. The topological polar surface area (TPSA) is 73.3 Å². The van der Waals surface area contributed by atoms with Gasteiger partial charge in [0.05, 0.1) is 0 Å². The van der Waals surface area contributed by atoms with Crippen molar-refractivity contribution in [2.45, 2.75) is 26.5 Å². The fourth-order valence-electron chi connectivity index (χ4n) is 1.70. The number of aromatic hydroxyl groups is 1. The van der Waals surface area contributed by atoms with E-state index in [-0.39, 0.29) is 11.8 Å². The Morgan fingerprint density at radius 3 is 2.61 bits per heavy atom. The number of nitrogen functional groups attached to an aromatic ring is 1. The van der Waals surface area contributed by atoms with Gasteiger partial charge in [0.2, 0.25) is 0 Å². The molecule has 0 radical (unpaired) electrons. The van der Waals surface area contributed by atoms with Crippen LogP contribution in [0.5, 0.6) is 11.5 Å². The van der Waals surface area contributed by atoms with E-state index in [9.17, 15) is 5.11 Å². The number of anilines is 1. The molecule has 1 aromatic heterocycles. The Kier molecular flexibility index (Phi) is 3.41. The monoisotopic (exact) mass is 247 g/mol. The summed E-state index contributed by atoms with van der Waals surface area (Å²) in [5.41, 5.74) is 5.69. The molecule has 1 aromatic carbocycles. The quantitative estimate of drug-likeness (QED) is 0.869. The third kappa shape index (κ3) is 2.74. The summed E-state index contributed by atoms with van der Waals surface area (Å²) in [7, 11) is 0. The summed E-state index contributed by atoms with van der Waals surface area (Å²) >= 11 is 0. The van der Waals surface area contributed by atoms with E-state index in [0.29, 0.717) is 18.2 Å². The van der Waals surface area contributed by atoms with Gasteiger partial charge < -0.3 is 20.1 Å². The van der Waals surface area contributed by atoms with E-state index in [1.165, 1.54) is 0 Å². The van der Waals surface area contributed by atoms with Crippen molar-refractivity contribution in [3.63, 3.8) is 0 Å². The standard InChI is InChI=1S/C13H17N3O2/c1-9(2)16-7-12(14)15-13(16)8-18-11-5-3-10(17)4-6-11/h3-7,9,17H,8,14H2,1-2H3. The number of benzene rings is 1. The summed E-state index contributed by atoms with van der Waals surface area (Å²) < 4.78 is 7.58. The molecule has 0 aliphatic heterocycles. The second-order valence-electron chi connectivity index (χ2n) is 4.37. The van der Waals surface area contributed by atoms with E-state index in [1.54, 1.807) is 30.5 Å². The third-order valence-corrected chi connectivity index (χ3v) is 2.59. The van der Waals surface area contributed by atoms with E-state index in [4.69, 9.17) is 10.5 Å². The summed E-state index contributed by atoms with van der Waals surface area (Å²) in [6.45, 7) is 4.47. The number of phenols is 1. The Morgan fingerprint density at radius 1 is 1.33 bits per heavy atom. The summed E-state index contributed by atoms with van der Waals surface area (Å²) in [5, 5.41) is 9.17. The van der Waals surface area contributed by atoms with Crippen LogP contribution in [-0.4, -0.2) is 14.7 Å². The van der Waals surface area contributed by atoms with Gasteiger partial charge in [-0.2, -0.15) is 0 Å². The van der Waals surface area contributed by atoms with Crippen molar-refractivity contribution in [2.24, 2.45) is 0 Å². The molecule has 2 rings (SSSR count). The molecule has 3 N–H and O–H groups in total. The highest BCUT2D eigenvalue weighted by Gasteiger charge is 2.09. The Hall–Kier alpha value is -2.17. The van der Waals surface area contributed by atoms with Crippen LogP contribution in [0.4, 0.5) is 5.82 Å². The van der Waals surface area contributed by atoms with Gasteiger partial charge in [-0.1, -0.05) is 0 Å². The SMILES string of the molecule is CC(C)n1cc(N)nc1COc1ccc(O)cc1. The van der Waals surface area contributed by atoms with Crippen molar-refractivity contribution in [2.75, 3.05) is 5.73 Å². The first kappa shape index (κ1) is 12.3. The van der Waals surface area contributed by atoms with Crippen molar-refractivity contribution < 1.29 is 9.84 Å². The fourth-order valence-corrected chi connectivity index (χ4v) is 1.70. The highest BCUT2D eigenvalue weighted by atomic mass is 16.5. The van der Waals surface area contributed by atoms with Crippen LogP contribution in [-0.2, 0) is 6.61 Å². The normalized spacial score (nSPS) is 10.8. The molecule has 96 valence electrons. The molecule has 0 saturated heterocycles. The molecule has 0 atom stereocenters. The lowest BCUT2D eigenvalue weighted by Gasteiger charge is -2.11. The van der Waals surface area contributed by atoms with Gasteiger partial charge in [-0.3, -0.25) is 0 Å². The molecule has 18 heavy (non-hydrogen) atoms. The lowest BCUT2D eigenvalue weighted by atomic mass is 10.3. The number of hydrogen-bond donors (Lipinski definition) is 2. The number of hydrogen-bond acceptors (Lipinski definition) is 4. The molecule has 0 aliphatic rings. The van der Waals surface area contributed by atoms with Crippen molar-refractivity contribution in [3.8, 4) is 11.5 Å². The molecule has 0 saturated carbocycles. The second kappa shape index (κ2) is 5.00. The van der Waals surface area contributed by atoms with Gasteiger partial charge in [0.15, 0.2) is 0 Å². The number of phenolic OH excluding ortho intramolecular Hbond substituents is 1. The second-order valence-corrected chi connectivity index (χ2v) is 4.37. The van der Waals surface area contributed by atoms with Crippen LogP contribution >= 0.6 is 0 Å². The summed E-state index contributed by atoms with van der Waals surface area (Å²) in [6, 6.07) is 6.87. The lowest BCUT2D eigenvalue weighted by molar-refractivity contribution is 0.286. The molecule has 0 aliphatic carbocycles. The van der Waals surface area contributed by atoms with E-state index >= 15 is 0 Å². The largest absolute Gasteiger partial charge is 0.508 e.